The number of hydrogen-bond acceptors (Lipinski definition) is 4. The zero-order valence-corrected chi connectivity index (χ0v) is 18.9. The van der Waals surface area contributed by atoms with Crippen molar-refractivity contribution >= 4 is 71.0 Å². The van der Waals surface area contributed by atoms with E-state index in [1.807, 2.05) is 0 Å². The van der Waals surface area contributed by atoms with Gasteiger partial charge in [0.05, 0.1) is 20.3 Å². The molecule has 2 rings (SSSR count). The van der Waals surface area contributed by atoms with Crippen LogP contribution in [0, 0.1) is 0 Å². The molecular formula is C12H5Br2Cl2N2NaO3S. The number of amides is 1. The van der Waals surface area contributed by atoms with Crippen molar-refractivity contribution in [1.82, 2.24) is 4.98 Å². The molecule has 0 fully saturated rings. The van der Waals surface area contributed by atoms with Crippen molar-refractivity contribution in [3.63, 3.8) is 0 Å². The number of hydrogen-bond donors (Lipinski definition) is 0. The Kier molecular flexibility index (Phi) is 8.01. The molecule has 0 bridgehead atoms. The van der Waals surface area contributed by atoms with E-state index in [1.54, 1.807) is 6.07 Å². The fourth-order valence-electron chi connectivity index (χ4n) is 1.42. The van der Waals surface area contributed by atoms with Crippen LogP contribution in [0.3, 0.4) is 0 Å². The molecule has 0 saturated heterocycles. The summed E-state index contributed by atoms with van der Waals surface area (Å²) in [6.45, 7) is 0. The van der Waals surface area contributed by atoms with Crippen LogP contribution in [0.2, 0.25) is 10.2 Å². The van der Waals surface area contributed by atoms with Gasteiger partial charge < -0.3 is 9.52 Å². The third-order valence-corrected chi connectivity index (χ3v) is 5.60. The van der Waals surface area contributed by atoms with E-state index in [2.05, 4.69) is 41.6 Å². The first-order valence-electron chi connectivity index (χ1n) is 5.49. The maximum Gasteiger partial charge on any atom is 1.00 e. The summed E-state index contributed by atoms with van der Waals surface area (Å²) < 4.78 is 28.4. The number of nitrogens with zero attached hydrogens (tertiary/aromatic N) is 2. The summed E-state index contributed by atoms with van der Waals surface area (Å²) in [6.07, 6.45) is 1.02. The number of carbonyl (C=O) groups excluding carboxylic acids is 1. The molecule has 0 aliphatic heterocycles. The number of rotatable bonds is 3. The molecule has 2 aromatic rings. The van der Waals surface area contributed by atoms with Gasteiger partial charge in [-0.15, -0.1) is 0 Å². The summed E-state index contributed by atoms with van der Waals surface area (Å²) in [4.78, 5) is 15.4. The van der Waals surface area contributed by atoms with Crippen molar-refractivity contribution in [2.45, 2.75) is 4.90 Å². The molecular weight excluding hydrogens is 506 g/mol. The molecule has 0 unspecified atom stereocenters. The second-order valence-corrected chi connectivity index (χ2v) is 8.08. The van der Waals surface area contributed by atoms with E-state index in [-0.39, 0.29) is 54.7 Å². The van der Waals surface area contributed by atoms with Crippen LogP contribution in [-0.4, -0.2) is 19.3 Å². The SMILES string of the molecule is O=C([N-]S(=O)(=O)c1cnc(Cl)c(Br)c1)c1ccc(Br)cc1Cl.[Na+]. The molecule has 116 valence electrons. The van der Waals surface area contributed by atoms with E-state index in [9.17, 15) is 13.2 Å². The van der Waals surface area contributed by atoms with E-state index < -0.39 is 15.9 Å². The van der Waals surface area contributed by atoms with Crippen LogP contribution in [0.15, 0.2) is 44.3 Å². The van der Waals surface area contributed by atoms with Crippen molar-refractivity contribution in [2.24, 2.45) is 0 Å². The number of sulfonamides is 1. The Morgan fingerprint density at radius 2 is 1.83 bits per heavy atom. The van der Waals surface area contributed by atoms with E-state index in [1.165, 1.54) is 18.2 Å². The van der Waals surface area contributed by atoms with Crippen molar-refractivity contribution in [1.29, 1.82) is 0 Å². The average Bonchev–Trinajstić information content (AvgIpc) is 2.40. The second-order valence-electron chi connectivity index (χ2n) is 3.94. The molecule has 1 amide bonds. The third kappa shape index (κ3) is 5.40. The molecule has 0 spiro atoms. The molecule has 1 aromatic carbocycles. The smallest absolute Gasteiger partial charge is 0.537 e. The van der Waals surface area contributed by atoms with Gasteiger partial charge in [-0.05, 0) is 34.1 Å². The Morgan fingerprint density at radius 3 is 2.39 bits per heavy atom. The van der Waals surface area contributed by atoms with E-state index >= 15 is 0 Å². The first-order valence-corrected chi connectivity index (χ1v) is 9.27. The number of pyridine rings is 1. The Bertz CT molecular complexity index is 865. The van der Waals surface area contributed by atoms with Crippen LogP contribution >= 0.6 is 55.1 Å². The Balaban J connectivity index is 0.00000264. The van der Waals surface area contributed by atoms with Gasteiger partial charge in [-0.25, -0.2) is 13.4 Å². The molecule has 0 saturated carbocycles. The molecule has 23 heavy (non-hydrogen) atoms. The molecule has 1 heterocycles. The first kappa shape index (κ1) is 21.4. The molecule has 11 heteroatoms. The van der Waals surface area contributed by atoms with Crippen LogP contribution in [0.4, 0.5) is 0 Å². The van der Waals surface area contributed by atoms with E-state index in [0.717, 1.165) is 6.20 Å². The fourth-order valence-corrected chi connectivity index (χ4v) is 3.65. The molecule has 0 radical (unpaired) electrons. The standard InChI is InChI=1S/C12H6Br2Cl2N2O3S.Na/c13-6-1-2-8(10(15)3-6)12(19)18-22(20,21)7-4-9(14)11(16)17-5-7;/h1-5H,(H,18,19);/q;+1/p-1. The van der Waals surface area contributed by atoms with Crippen molar-refractivity contribution in [3.05, 3.63) is 59.9 Å². The third-order valence-electron chi connectivity index (χ3n) is 2.43. The molecule has 0 aliphatic carbocycles. The Morgan fingerprint density at radius 1 is 1.17 bits per heavy atom. The minimum atomic E-state index is -4.22. The Hall–Kier alpha value is 0.330. The summed E-state index contributed by atoms with van der Waals surface area (Å²) >= 11 is 17.8. The maximum absolute atomic E-state index is 12.1. The van der Waals surface area contributed by atoms with Gasteiger partial charge >= 0.3 is 29.6 Å². The van der Waals surface area contributed by atoms with Crippen molar-refractivity contribution < 1.29 is 42.8 Å². The van der Waals surface area contributed by atoms with Gasteiger partial charge in [0.1, 0.15) is 15.2 Å². The van der Waals surface area contributed by atoms with Gasteiger partial charge in [0, 0.05) is 16.2 Å². The van der Waals surface area contributed by atoms with Crippen LogP contribution in [-0.2, 0) is 10.0 Å². The fraction of sp³-hybridized carbons (Fsp3) is 0. The number of aromatic nitrogens is 1. The van der Waals surface area contributed by atoms with Crippen molar-refractivity contribution in [2.75, 3.05) is 0 Å². The summed E-state index contributed by atoms with van der Waals surface area (Å²) in [6, 6.07) is 5.62. The first-order chi connectivity index (χ1) is 10.2. The molecule has 0 N–H and O–H groups in total. The minimum absolute atomic E-state index is 0. The van der Waals surface area contributed by atoms with Gasteiger partial charge in [-0.3, -0.25) is 0 Å². The van der Waals surface area contributed by atoms with Gasteiger partial charge in [0.2, 0.25) is 0 Å². The normalized spacial score (nSPS) is 10.8. The monoisotopic (exact) mass is 508 g/mol. The molecule has 5 nitrogen and oxygen atoms in total. The number of halogens is 4. The molecule has 0 atom stereocenters. The topological polar surface area (TPSA) is 78.2 Å². The van der Waals surface area contributed by atoms with Gasteiger partial charge in [-0.2, -0.15) is 0 Å². The summed E-state index contributed by atoms with van der Waals surface area (Å²) in [5.41, 5.74) is -0.0190. The maximum atomic E-state index is 12.1. The zero-order chi connectivity index (χ0) is 16.5. The van der Waals surface area contributed by atoms with Crippen LogP contribution < -0.4 is 29.6 Å². The molecule has 1 aromatic heterocycles. The number of benzene rings is 1. The molecule has 0 aliphatic rings. The predicted octanol–water partition coefficient (Wildman–Crippen LogP) is 1.82. The Labute approximate surface area is 181 Å². The average molecular weight is 511 g/mol. The predicted molar refractivity (Wildman–Crippen MR) is 91.0 cm³/mol. The van der Waals surface area contributed by atoms with Gasteiger partial charge in [0.25, 0.3) is 0 Å². The largest absolute Gasteiger partial charge is 1.00 e. The minimum Gasteiger partial charge on any atom is -0.537 e. The van der Waals surface area contributed by atoms with Gasteiger partial charge in [-0.1, -0.05) is 45.2 Å². The zero-order valence-electron chi connectivity index (χ0n) is 11.4. The summed E-state index contributed by atoms with van der Waals surface area (Å²) in [7, 11) is -4.22. The van der Waals surface area contributed by atoms with Crippen molar-refractivity contribution in [3.8, 4) is 0 Å². The number of carbonyl (C=O) groups is 1. The van der Waals surface area contributed by atoms with Gasteiger partial charge in [0.15, 0.2) is 0 Å². The van der Waals surface area contributed by atoms with Crippen LogP contribution in [0.5, 0.6) is 0 Å². The summed E-state index contributed by atoms with van der Waals surface area (Å²) in [5, 5.41) is 0.190. The van der Waals surface area contributed by atoms with E-state index in [0.29, 0.717) is 4.47 Å². The van der Waals surface area contributed by atoms with Crippen LogP contribution in [0.25, 0.3) is 4.72 Å². The quantitative estimate of drug-likeness (QED) is 0.466. The van der Waals surface area contributed by atoms with E-state index in [4.69, 9.17) is 23.2 Å². The second kappa shape index (κ2) is 8.62. The van der Waals surface area contributed by atoms with Crippen LogP contribution in [0.1, 0.15) is 10.4 Å². The summed E-state index contributed by atoms with van der Waals surface area (Å²) in [5.74, 6) is -0.969.